The fourth-order valence-corrected chi connectivity index (χ4v) is 6.36. The third-order valence-corrected chi connectivity index (χ3v) is 8.43. The third kappa shape index (κ3) is 6.99. The number of allylic oxidation sites excluding steroid dienone is 2. The molecule has 2 aromatic rings. The molecule has 0 radical (unpaired) electrons. The molecule has 1 saturated carbocycles. The number of carbonyl (C=O) groups is 1. The zero-order chi connectivity index (χ0) is 28.5. The highest BCUT2D eigenvalue weighted by Crippen LogP contribution is 2.39. The molecule has 218 valence electrons. The molecule has 2 unspecified atom stereocenters. The molecule has 2 aliphatic heterocycles. The Morgan fingerprint density at radius 2 is 1.83 bits per heavy atom. The molecule has 0 spiro atoms. The van der Waals surface area contributed by atoms with Gasteiger partial charge in [-0.05, 0) is 49.0 Å². The lowest BCUT2D eigenvalue weighted by Crippen LogP contribution is -2.56. The first-order valence-corrected chi connectivity index (χ1v) is 15.0. The van der Waals surface area contributed by atoms with Crippen LogP contribution in [0.1, 0.15) is 43.2 Å². The summed E-state index contributed by atoms with van der Waals surface area (Å²) in [5, 5.41) is 24.7. The Balaban J connectivity index is 1.52. The fraction of sp³-hybridized carbons (Fsp3) is 0.441. The van der Waals surface area contributed by atoms with Crippen molar-refractivity contribution in [2.24, 2.45) is 0 Å². The van der Waals surface area contributed by atoms with Gasteiger partial charge >= 0.3 is 0 Å². The minimum absolute atomic E-state index is 0.00905. The minimum atomic E-state index is -1.08. The Kier molecular flexibility index (Phi) is 10.1. The molecule has 7 nitrogen and oxygen atoms in total. The molecule has 41 heavy (non-hydrogen) atoms. The van der Waals surface area contributed by atoms with E-state index in [0.717, 1.165) is 50.0 Å². The number of benzene rings is 2. The van der Waals surface area contributed by atoms with E-state index in [-0.39, 0.29) is 31.2 Å². The number of aliphatic hydroxyl groups is 2. The topological polar surface area (TPSA) is 85.3 Å². The van der Waals surface area contributed by atoms with Crippen molar-refractivity contribution in [3.63, 3.8) is 0 Å². The van der Waals surface area contributed by atoms with Crippen molar-refractivity contribution in [2.45, 2.75) is 56.2 Å². The molecule has 2 aromatic carbocycles. The highest BCUT2D eigenvalue weighted by atomic mass is 16.5. The van der Waals surface area contributed by atoms with Crippen LogP contribution in [0.15, 0.2) is 90.7 Å². The molecule has 1 aliphatic carbocycles. The second-order valence-electron chi connectivity index (χ2n) is 11.3. The molecular formula is C34H43N3O4. The smallest absolute Gasteiger partial charge is 0.256 e. The molecule has 2 heterocycles. The van der Waals surface area contributed by atoms with E-state index in [2.05, 4.69) is 22.3 Å². The van der Waals surface area contributed by atoms with Crippen molar-refractivity contribution in [1.82, 2.24) is 15.1 Å². The number of nitrogens with one attached hydrogen (secondary N) is 1. The van der Waals surface area contributed by atoms with Crippen LogP contribution >= 0.6 is 0 Å². The van der Waals surface area contributed by atoms with Crippen LogP contribution in [-0.4, -0.2) is 83.1 Å². The normalized spacial score (nSPS) is 24.9. The summed E-state index contributed by atoms with van der Waals surface area (Å²) in [5.41, 5.74) is 2.52. The summed E-state index contributed by atoms with van der Waals surface area (Å²) >= 11 is 0. The second-order valence-corrected chi connectivity index (χ2v) is 11.3. The maximum atomic E-state index is 14.5. The summed E-state index contributed by atoms with van der Waals surface area (Å²) in [6.07, 6.45) is 12.5. The molecule has 0 bridgehead atoms. The zero-order valence-electron chi connectivity index (χ0n) is 23.8. The van der Waals surface area contributed by atoms with Crippen LogP contribution in [0.2, 0.25) is 0 Å². The Bertz CT molecular complexity index is 1230. The van der Waals surface area contributed by atoms with Crippen LogP contribution in [0, 0.1) is 0 Å². The van der Waals surface area contributed by atoms with Gasteiger partial charge in [0.1, 0.15) is 5.60 Å². The second kappa shape index (κ2) is 14.1. The summed E-state index contributed by atoms with van der Waals surface area (Å²) in [7, 11) is 0. The molecule has 3 N–H and O–H groups in total. The molecule has 7 heteroatoms. The number of amides is 1. The van der Waals surface area contributed by atoms with Gasteiger partial charge in [0, 0.05) is 45.1 Å². The first-order chi connectivity index (χ1) is 20.1. The standard InChI is InChI=1S/C34H43N3O4/c38-22-11-23-41-26-34(40)18-9-7-17-31(34)37-20-10-8-16-30(32(37)28-14-5-2-6-15-28)33(39)36-21-19-35-25-29(36)24-27-12-3-1-4-13-27/h1-6,8,10,12-16,20,29,31,35,38,40H,7,9,11,17-19,21-26H2/t29-,31?,34?/m1/s1. The zero-order valence-corrected chi connectivity index (χ0v) is 23.8. The maximum absolute atomic E-state index is 14.5. The van der Waals surface area contributed by atoms with Crippen LogP contribution in [0.3, 0.4) is 0 Å². The lowest BCUT2D eigenvalue weighted by molar-refractivity contribution is -0.130. The van der Waals surface area contributed by atoms with Crippen molar-refractivity contribution >= 4 is 11.6 Å². The molecule has 1 amide bonds. The van der Waals surface area contributed by atoms with Gasteiger partial charge in [0.05, 0.1) is 23.9 Å². The van der Waals surface area contributed by atoms with Crippen LogP contribution < -0.4 is 5.32 Å². The number of hydrogen-bond donors (Lipinski definition) is 3. The summed E-state index contributed by atoms with van der Waals surface area (Å²) in [4.78, 5) is 18.7. The number of ether oxygens (including phenoxy) is 1. The minimum Gasteiger partial charge on any atom is -0.396 e. The van der Waals surface area contributed by atoms with Gasteiger partial charge in [0.15, 0.2) is 0 Å². The third-order valence-electron chi connectivity index (χ3n) is 8.43. The van der Waals surface area contributed by atoms with Gasteiger partial charge in [0.25, 0.3) is 5.91 Å². The highest BCUT2D eigenvalue weighted by Gasteiger charge is 2.44. The van der Waals surface area contributed by atoms with E-state index in [4.69, 9.17) is 4.74 Å². The van der Waals surface area contributed by atoms with E-state index in [0.29, 0.717) is 31.6 Å². The molecule has 5 rings (SSSR count). The number of carbonyl (C=O) groups excluding carboxylic acids is 1. The van der Waals surface area contributed by atoms with Gasteiger partial charge in [-0.25, -0.2) is 0 Å². The monoisotopic (exact) mass is 557 g/mol. The Morgan fingerprint density at radius 1 is 1.05 bits per heavy atom. The molecule has 3 atom stereocenters. The molecule has 1 saturated heterocycles. The number of piperazine rings is 1. The molecule has 3 aliphatic rings. The van der Waals surface area contributed by atoms with E-state index < -0.39 is 5.60 Å². The largest absolute Gasteiger partial charge is 0.396 e. The van der Waals surface area contributed by atoms with E-state index >= 15 is 0 Å². The summed E-state index contributed by atoms with van der Waals surface area (Å²) in [6.45, 7) is 2.79. The predicted octanol–water partition coefficient (Wildman–Crippen LogP) is 3.90. The first kappa shape index (κ1) is 29.3. The van der Waals surface area contributed by atoms with Gasteiger partial charge < -0.3 is 30.1 Å². The number of rotatable bonds is 10. The predicted molar refractivity (Wildman–Crippen MR) is 162 cm³/mol. The summed E-state index contributed by atoms with van der Waals surface area (Å²) in [5.74, 6) is 0.00905. The van der Waals surface area contributed by atoms with E-state index in [9.17, 15) is 15.0 Å². The van der Waals surface area contributed by atoms with Crippen LogP contribution in [0.4, 0.5) is 0 Å². The van der Waals surface area contributed by atoms with Gasteiger partial charge in [-0.3, -0.25) is 4.79 Å². The average Bonchev–Trinajstić information content (AvgIpc) is 3.23. The molecule has 0 aromatic heterocycles. The van der Waals surface area contributed by atoms with Crippen molar-refractivity contribution in [1.29, 1.82) is 0 Å². The van der Waals surface area contributed by atoms with Crippen LogP contribution in [0.5, 0.6) is 0 Å². The molecular weight excluding hydrogens is 514 g/mol. The number of aliphatic hydroxyl groups excluding tert-OH is 1. The van der Waals surface area contributed by atoms with Gasteiger partial charge in [0.2, 0.25) is 0 Å². The summed E-state index contributed by atoms with van der Waals surface area (Å²) < 4.78 is 5.88. The fourth-order valence-electron chi connectivity index (χ4n) is 6.36. The van der Waals surface area contributed by atoms with Crippen molar-refractivity contribution in [3.05, 3.63) is 102 Å². The number of nitrogens with zero attached hydrogens (tertiary/aromatic N) is 2. The Hall–Kier alpha value is -3.23. The van der Waals surface area contributed by atoms with Gasteiger partial charge in [-0.15, -0.1) is 0 Å². The van der Waals surface area contributed by atoms with Crippen molar-refractivity contribution in [2.75, 3.05) is 39.5 Å². The highest BCUT2D eigenvalue weighted by molar-refractivity contribution is 6.04. The van der Waals surface area contributed by atoms with Crippen molar-refractivity contribution < 1.29 is 19.7 Å². The Labute approximate surface area is 243 Å². The number of hydrogen-bond acceptors (Lipinski definition) is 6. The first-order valence-electron chi connectivity index (χ1n) is 15.0. The lowest BCUT2D eigenvalue weighted by atomic mass is 9.79. The average molecular weight is 558 g/mol. The lowest BCUT2D eigenvalue weighted by Gasteiger charge is -2.46. The van der Waals surface area contributed by atoms with Gasteiger partial charge in [-0.1, -0.05) is 79.6 Å². The van der Waals surface area contributed by atoms with Gasteiger partial charge in [-0.2, -0.15) is 0 Å². The SMILES string of the molecule is O=C(C1=C(c2ccccc2)N(C2CCCCC2(O)COCCCO)C=CC=C1)N1CCNC[C@H]1Cc1ccccc1. The van der Waals surface area contributed by atoms with E-state index in [1.54, 1.807) is 0 Å². The summed E-state index contributed by atoms with van der Waals surface area (Å²) in [6, 6.07) is 20.2. The maximum Gasteiger partial charge on any atom is 0.256 e. The van der Waals surface area contributed by atoms with E-state index in [1.165, 1.54) is 5.56 Å². The quantitative estimate of drug-likeness (QED) is 0.385. The Morgan fingerprint density at radius 3 is 2.61 bits per heavy atom. The van der Waals surface area contributed by atoms with E-state index in [1.807, 2.05) is 77.9 Å². The van der Waals surface area contributed by atoms with Crippen LogP contribution in [0.25, 0.3) is 5.70 Å². The van der Waals surface area contributed by atoms with Crippen LogP contribution in [-0.2, 0) is 16.0 Å². The van der Waals surface area contributed by atoms with Crippen molar-refractivity contribution in [3.8, 4) is 0 Å². The molecule has 2 fully saturated rings.